The van der Waals surface area contributed by atoms with Crippen LogP contribution in [0.1, 0.15) is 191 Å². The number of nitrogens with two attached hydrogens (primary N) is 3. The van der Waals surface area contributed by atoms with Gasteiger partial charge in [-0.2, -0.15) is 0 Å². The molecule has 19 atom stereocenters. The number of hydrogen-bond acceptors (Lipinski definition) is 24. The van der Waals surface area contributed by atoms with Gasteiger partial charge in [-0.1, -0.05) is 187 Å². The monoisotopic (exact) mass is 1920 g/mol. The van der Waals surface area contributed by atoms with E-state index in [2.05, 4.69) is 85.1 Å². The van der Waals surface area contributed by atoms with E-state index in [0.717, 1.165) is 5.56 Å². The fraction of sp³-hybridized carbons (Fsp3) is 0.611. The number of amides is 18. The normalized spacial score (nSPS) is 16.4. The number of rotatable bonds is 61. The first kappa shape index (κ1) is 117. The second-order valence-electron chi connectivity index (χ2n) is 36.7. The van der Waals surface area contributed by atoms with Crippen molar-refractivity contribution in [1.29, 1.82) is 0 Å². The van der Waals surface area contributed by atoms with E-state index >= 15 is 0 Å². The van der Waals surface area contributed by atoms with Crippen molar-refractivity contribution in [3.63, 3.8) is 0 Å². The smallest absolute Gasteiger partial charge is 0.246 e. The Bertz CT molecular complexity index is 4480. The molecule has 0 radical (unpaired) electrons. The zero-order chi connectivity index (χ0) is 102. The van der Waals surface area contributed by atoms with Crippen molar-refractivity contribution < 1.29 is 106 Å². The standard InChI is InChI=1S/C95H148N20O22/c1-15-56(11)78(94(136)112-72(49-117)83(125)99-47-77(121)103-65(39-52(3)4)86(128)106-67(41-54(7)8)88(130)110-73(50-118)91(133)101-58(13)80(122)104-69(44-61-31-22-18-23-32-61)85(127)102-63(48-116)35-26-27-37-96)113-81(123)59(14)100-84(126)71(46-76(98)120)109-93(135)75-36-28-38-115(75)95(137)79(57(12)16-2)114-90(132)68(42-55(9)10)107-92(134)74(51-119)111-89(131)70(45-62-33-24-19-25-34-62)108-87(129)66(40-53(5)6)105-82(124)64(97)43-60-29-20-17-21-30-60/h17-25,29-34,48,52-59,63-75,78-79,117-119H,15-16,26-28,35-47,49-51,96-97H2,1-14H3,(H2,98,120)(H,99,125)(H,100,126)(H,101,133)(H,102,127)(H,103,121)(H,104,122)(H,105,124)(H,106,128)(H,107,134)(H,108,129)(H,109,135)(H,110,130)(H,111,131)(H,112,136)(H,113,123)(H,114,132)/t56-,57-,58-,59-,63-,64-,65-,66-,67-,68-,69-,70-,71-,72-,73-,74-,75-,78-,79-/m0/s1. The molecule has 1 aliphatic heterocycles. The number of primary amides is 1. The average Bonchev–Trinajstić information content (AvgIpc) is 1.70. The Morgan fingerprint density at radius 3 is 1.18 bits per heavy atom. The van der Waals surface area contributed by atoms with Gasteiger partial charge in [-0.3, -0.25) is 86.3 Å². The van der Waals surface area contributed by atoms with Gasteiger partial charge in [0.2, 0.25) is 106 Å². The Morgan fingerprint density at radius 2 is 0.745 bits per heavy atom. The highest BCUT2D eigenvalue weighted by Crippen LogP contribution is 2.24. The molecular weight excluding hydrogens is 1770 g/mol. The summed E-state index contributed by atoms with van der Waals surface area (Å²) in [6.45, 7) is 19.8. The number of aldehydes is 1. The maximum atomic E-state index is 14.9. The summed E-state index contributed by atoms with van der Waals surface area (Å²) in [4.78, 5) is 265. The van der Waals surface area contributed by atoms with Crippen molar-refractivity contribution in [3.8, 4) is 0 Å². The maximum absolute atomic E-state index is 14.9. The van der Waals surface area contributed by atoms with E-state index in [1.54, 1.807) is 142 Å². The maximum Gasteiger partial charge on any atom is 0.246 e. The first-order valence-corrected chi connectivity index (χ1v) is 47.1. The minimum Gasteiger partial charge on any atom is -0.394 e. The third kappa shape index (κ3) is 40.8. The van der Waals surface area contributed by atoms with E-state index in [4.69, 9.17) is 17.2 Å². The largest absolute Gasteiger partial charge is 0.394 e. The summed E-state index contributed by atoms with van der Waals surface area (Å²) >= 11 is 0. The molecule has 0 bridgehead atoms. The molecule has 4 rings (SSSR count). The Balaban J connectivity index is 1.41. The van der Waals surface area contributed by atoms with Crippen LogP contribution >= 0.6 is 0 Å². The summed E-state index contributed by atoms with van der Waals surface area (Å²) in [6, 6.07) is 2.54. The first-order chi connectivity index (χ1) is 64.8. The summed E-state index contributed by atoms with van der Waals surface area (Å²) < 4.78 is 0. The lowest BCUT2D eigenvalue weighted by atomic mass is 9.95. The third-order valence-electron chi connectivity index (χ3n) is 23.1. The Hall–Kier alpha value is -12.4. The highest BCUT2D eigenvalue weighted by molar-refractivity contribution is 6.02. The summed E-state index contributed by atoms with van der Waals surface area (Å²) in [5.74, 6) is -18.7. The van der Waals surface area contributed by atoms with Gasteiger partial charge in [-0.05, 0) is 137 Å². The fourth-order valence-electron chi connectivity index (χ4n) is 15.0. The van der Waals surface area contributed by atoms with Crippen LogP contribution in [0.2, 0.25) is 0 Å². The number of benzene rings is 3. The molecule has 3 aromatic rings. The molecule has 1 saturated heterocycles. The van der Waals surface area contributed by atoms with Gasteiger partial charge < -0.3 is 127 Å². The van der Waals surface area contributed by atoms with Gasteiger partial charge >= 0.3 is 0 Å². The Kier molecular flexibility index (Phi) is 51.4. The van der Waals surface area contributed by atoms with Gasteiger partial charge in [0.15, 0.2) is 0 Å². The Labute approximate surface area is 801 Å². The third-order valence-corrected chi connectivity index (χ3v) is 23.1. The molecule has 760 valence electrons. The highest BCUT2D eigenvalue weighted by Gasteiger charge is 2.44. The van der Waals surface area contributed by atoms with Gasteiger partial charge in [-0.15, -0.1) is 0 Å². The van der Waals surface area contributed by atoms with Crippen LogP contribution < -0.4 is 102 Å². The highest BCUT2D eigenvalue weighted by atomic mass is 16.3. The summed E-state index contributed by atoms with van der Waals surface area (Å²) in [6.07, 6.45) is 2.14. The van der Waals surface area contributed by atoms with E-state index in [0.29, 0.717) is 49.6 Å². The molecule has 0 aromatic heterocycles. The van der Waals surface area contributed by atoms with Crippen molar-refractivity contribution in [2.75, 3.05) is 39.5 Å². The van der Waals surface area contributed by atoms with Crippen LogP contribution in [0.5, 0.6) is 0 Å². The van der Waals surface area contributed by atoms with Gasteiger partial charge in [0.1, 0.15) is 96.9 Å². The van der Waals surface area contributed by atoms with Gasteiger partial charge in [-0.25, -0.2) is 0 Å². The van der Waals surface area contributed by atoms with Crippen molar-refractivity contribution in [2.45, 2.75) is 296 Å². The molecule has 0 aliphatic carbocycles. The van der Waals surface area contributed by atoms with E-state index < -0.39 is 254 Å². The van der Waals surface area contributed by atoms with Gasteiger partial charge in [0, 0.05) is 19.4 Å². The molecule has 0 spiro atoms. The van der Waals surface area contributed by atoms with Crippen molar-refractivity contribution in [1.82, 2.24) is 90.0 Å². The number of carbonyl (C=O) groups excluding carboxylic acids is 19. The van der Waals surface area contributed by atoms with Crippen LogP contribution in [-0.2, 0) is 110 Å². The lowest BCUT2D eigenvalue weighted by molar-refractivity contribution is -0.144. The number of likely N-dealkylation sites (tertiary alicyclic amines) is 1. The number of aliphatic hydroxyl groups excluding tert-OH is 3. The zero-order valence-corrected chi connectivity index (χ0v) is 81.1. The average molecular weight is 1920 g/mol. The van der Waals surface area contributed by atoms with Crippen LogP contribution in [0, 0.1) is 35.5 Å². The number of unbranched alkanes of at least 4 members (excludes halogenated alkanes) is 1. The fourth-order valence-corrected chi connectivity index (χ4v) is 15.0. The van der Waals surface area contributed by atoms with Crippen LogP contribution in [0.4, 0.5) is 0 Å². The van der Waals surface area contributed by atoms with Crippen LogP contribution in [0.15, 0.2) is 91.0 Å². The molecule has 1 fully saturated rings. The molecule has 0 saturated carbocycles. The number of aliphatic hydroxyl groups is 3. The minimum atomic E-state index is -1.77. The minimum absolute atomic E-state index is 0.00209. The van der Waals surface area contributed by atoms with E-state index in [1.807, 2.05) is 32.0 Å². The number of nitrogens with one attached hydrogen (secondary N) is 16. The topological polar surface area (TPSA) is 659 Å². The molecule has 1 aliphatic rings. The van der Waals surface area contributed by atoms with Gasteiger partial charge in [0.05, 0.1) is 44.9 Å². The molecule has 1 heterocycles. The molecular formula is C95H148N20O22. The predicted octanol–water partition coefficient (Wildman–Crippen LogP) is -3.08. The summed E-state index contributed by atoms with van der Waals surface area (Å²) in [5, 5.41) is 72.2. The number of hydrogen-bond donors (Lipinski definition) is 22. The number of nitrogens with zero attached hydrogens (tertiary/aromatic N) is 1. The second kappa shape index (κ2) is 60.2. The molecule has 0 unspecified atom stereocenters. The van der Waals surface area contributed by atoms with Crippen molar-refractivity contribution >= 4 is 113 Å². The molecule has 25 N–H and O–H groups in total. The lowest BCUT2D eigenvalue weighted by Crippen LogP contribution is -2.62. The Morgan fingerprint density at radius 1 is 0.394 bits per heavy atom. The SMILES string of the molecule is CC[C@H](C)[C@H](NC(=O)[C@H](C)NC(=O)[C@H](CC(N)=O)NC(=O)[C@@H]1CCCN1C(=O)[C@@H](NC(=O)[C@H](CC(C)C)NC(=O)[C@H](CO)NC(=O)[C@H](Cc1ccccc1)NC(=O)[C@H](CC(C)C)NC(=O)[C@@H](N)Cc1ccccc1)[C@@H](C)CC)C(=O)N[C@@H](CO)C(=O)NCC(=O)N[C@@H](CC(C)C)C(=O)N[C@@H](CC(C)C)C(=O)N[C@@H](CO)C(=O)N[C@@H](C)C(=O)N[C@@H](Cc1ccccc1)C(=O)N[C@H](C=O)CCCCN. The lowest BCUT2D eigenvalue weighted by Gasteiger charge is -2.33. The molecule has 18 amide bonds. The van der Waals surface area contributed by atoms with Crippen molar-refractivity contribution in [3.05, 3.63) is 108 Å². The molecule has 42 heteroatoms. The van der Waals surface area contributed by atoms with E-state index in [-0.39, 0.29) is 94.4 Å². The molecule has 137 heavy (non-hydrogen) atoms. The summed E-state index contributed by atoms with van der Waals surface area (Å²) in [7, 11) is 0. The predicted molar refractivity (Wildman–Crippen MR) is 507 cm³/mol. The quantitative estimate of drug-likeness (QED) is 0.0197. The molecule has 42 nitrogen and oxygen atoms in total. The van der Waals surface area contributed by atoms with E-state index in [1.165, 1.54) is 18.7 Å². The second-order valence-corrected chi connectivity index (χ2v) is 36.7. The van der Waals surface area contributed by atoms with Crippen LogP contribution in [0.3, 0.4) is 0 Å². The van der Waals surface area contributed by atoms with E-state index in [9.17, 15) is 106 Å². The van der Waals surface area contributed by atoms with Gasteiger partial charge in [0.25, 0.3) is 0 Å². The van der Waals surface area contributed by atoms with Crippen LogP contribution in [0.25, 0.3) is 0 Å². The first-order valence-electron chi connectivity index (χ1n) is 47.1. The molecule has 3 aromatic carbocycles. The zero-order valence-electron chi connectivity index (χ0n) is 81.1. The van der Waals surface area contributed by atoms with Crippen molar-refractivity contribution in [2.24, 2.45) is 52.7 Å². The number of carbonyl (C=O) groups is 19. The summed E-state index contributed by atoms with van der Waals surface area (Å²) in [5.41, 5.74) is 19.6. The van der Waals surface area contributed by atoms with Crippen LogP contribution in [-0.4, -0.2) is 275 Å².